The molecule has 0 saturated heterocycles. The van der Waals surface area contributed by atoms with Crippen molar-refractivity contribution in [1.82, 2.24) is 4.98 Å². The summed E-state index contributed by atoms with van der Waals surface area (Å²) in [4.78, 5) is 24.7. The summed E-state index contributed by atoms with van der Waals surface area (Å²) in [6.45, 7) is 3.55. The van der Waals surface area contributed by atoms with E-state index in [2.05, 4.69) is 4.98 Å². The third-order valence-electron chi connectivity index (χ3n) is 3.24. The number of nitrogens with one attached hydrogen (secondary N) is 1. The highest BCUT2D eigenvalue weighted by Gasteiger charge is 2.12. The van der Waals surface area contributed by atoms with Crippen molar-refractivity contribution in [2.75, 3.05) is 0 Å². The number of allylic oxidation sites excluding steroid dienone is 2. The molecule has 0 aliphatic heterocycles. The molecule has 1 aromatic heterocycles. The van der Waals surface area contributed by atoms with E-state index in [9.17, 15) is 14.9 Å². The fraction of sp³-hybridized carbons (Fsp3) is 0.267. The lowest BCUT2D eigenvalue weighted by atomic mass is 10.0. The number of aromatic amines is 1. The number of hydrogen-bond acceptors (Lipinski definition) is 3. The summed E-state index contributed by atoms with van der Waals surface area (Å²) in [5.41, 5.74) is 2.87. The standard InChI is InChI=1S/C15H16N2O3/c1-3-11(5-4-10(2)18)14-9-16-15-7-6-12(17(19)20)8-13(14)15/h5-9,16H,3-4H2,1-2H3/b11-5+. The van der Waals surface area contributed by atoms with Gasteiger partial charge in [0.1, 0.15) is 5.78 Å². The zero-order chi connectivity index (χ0) is 14.7. The van der Waals surface area contributed by atoms with E-state index in [-0.39, 0.29) is 11.5 Å². The van der Waals surface area contributed by atoms with Gasteiger partial charge in [0.2, 0.25) is 0 Å². The Bertz CT molecular complexity index is 698. The maximum Gasteiger partial charge on any atom is 0.270 e. The van der Waals surface area contributed by atoms with Gasteiger partial charge in [-0.15, -0.1) is 0 Å². The van der Waals surface area contributed by atoms with Gasteiger partial charge in [-0.1, -0.05) is 13.0 Å². The van der Waals surface area contributed by atoms with Gasteiger partial charge in [0.15, 0.2) is 0 Å². The highest BCUT2D eigenvalue weighted by molar-refractivity contribution is 5.94. The van der Waals surface area contributed by atoms with Gasteiger partial charge in [0.05, 0.1) is 4.92 Å². The molecular formula is C15H16N2O3. The molecule has 20 heavy (non-hydrogen) atoms. The van der Waals surface area contributed by atoms with E-state index in [4.69, 9.17) is 0 Å². The fourth-order valence-electron chi connectivity index (χ4n) is 2.20. The van der Waals surface area contributed by atoms with Gasteiger partial charge < -0.3 is 4.98 Å². The number of nitro benzene ring substituents is 1. The monoisotopic (exact) mass is 272 g/mol. The van der Waals surface area contributed by atoms with Gasteiger partial charge in [-0.05, 0) is 25.0 Å². The third kappa shape index (κ3) is 2.77. The summed E-state index contributed by atoms with van der Waals surface area (Å²) in [5, 5.41) is 11.7. The predicted octanol–water partition coefficient (Wildman–Crippen LogP) is 3.85. The second-order valence-corrected chi connectivity index (χ2v) is 4.68. The number of rotatable bonds is 5. The molecule has 0 unspecified atom stereocenters. The smallest absolute Gasteiger partial charge is 0.270 e. The number of carbonyl (C=O) groups excluding carboxylic acids is 1. The first-order valence-corrected chi connectivity index (χ1v) is 6.47. The number of Topliss-reactive ketones (excluding diaryl/α,β-unsaturated/α-hetero) is 1. The first-order chi connectivity index (χ1) is 9.52. The van der Waals surface area contributed by atoms with Crippen LogP contribution in [-0.4, -0.2) is 15.7 Å². The summed E-state index contributed by atoms with van der Waals surface area (Å²) < 4.78 is 0. The Morgan fingerprint density at radius 2 is 2.20 bits per heavy atom. The number of benzene rings is 1. The van der Waals surface area contributed by atoms with Crippen LogP contribution in [0.4, 0.5) is 5.69 Å². The molecule has 0 atom stereocenters. The number of ketones is 1. The van der Waals surface area contributed by atoms with Crippen LogP contribution in [-0.2, 0) is 4.79 Å². The number of fused-ring (bicyclic) bond motifs is 1. The topological polar surface area (TPSA) is 76.0 Å². The van der Waals surface area contributed by atoms with Crippen LogP contribution < -0.4 is 0 Å². The molecule has 5 nitrogen and oxygen atoms in total. The number of aromatic nitrogens is 1. The first-order valence-electron chi connectivity index (χ1n) is 6.47. The van der Waals surface area contributed by atoms with Crippen molar-refractivity contribution < 1.29 is 9.72 Å². The minimum Gasteiger partial charge on any atom is -0.361 e. The van der Waals surface area contributed by atoms with Crippen LogP contribution in [0.3, 0.4) is 0 Å². The van der Waals surface area contributed by atoms with Crippen LogP contribution in [0.1, 0.15) is 32.3 Å². The quantitative estimate of drug-likeness (QED) is 0.663. The van der Waals surface area contributed by atoms with E-state index < -0.39 is 4.92 Å². The van der Waals surface area contributed by atoms with Gasteiger partial charge in [-0.25, -0.2) is 0 Å². The zero-order valence-corrected chi connectivity index (χ0v) is 11.5. The Hall–Kier alpha value is -2.43. The fourth-order valence-corrected chi connectivity index (χ4v) is 2.20. The van der Waals surface area contributed by atoms with E-state index in [1.54, 1.807) is 19.1 Å². The highest BCUT2D eigenvalue weighted by Crippen LogP contribution is 2.30. The molecule has 0 saturated carbocycles. The number of nitrogens with zero attached hydrogens (tertiary/aromatic N) is 1. The molecule has 1 N–H and O–H groups in total. The number of non-ortho nitro benzene ring substituents is 1. The molecule has 1 heterocycles. The van der Waals surface area contributed by atoms with Crippen molar-refractivity contribution in [1.29, 1.82) is 0 Å². The van der Waals surface area contributed by atoms with Gasteiger partial charge in [0, 0.05) is 41.2 Å². The Morgan fingerprint density at radius 1 is 1.45 bits per heavy atom. The normalized spacial score (nSPS) is 11.8. The first kappa shape index (κ1) is 14.0. The van der Waals surface area contributed by atoms with Crippen LogP contribution >= 0.6 is 0 Å². The average molecular weight is 272 g/mol. The molecule has 104 valence electrons. The molecule has 0 spiro atoms. The Balaban J connectivity index is 2.52. The summed E-state index contributed by atoms with van der Waals surface area (Å²) >= 11 is 0. The molecule has 0 aliphatic rings. The third-order valence-corrected chi connectivity index (χ3v) is 3.24. The summed E-state index contributed by atoms with van der Waals surface area (Å²) in [5.74, 6) is 0.0989. The average Bonchev–Trinajstić information content (AvgIpc) is 2.82. The van der Waals surface area contributed by atoms with E-state index >= 15 is 0 Å². The molecular weight excluding hydrogens is 256 g/mol. The lowest BCUT2D eigenvalue weighted by Gasteiger charge is -2.03. The van der Waals surface area contributed by atoms with Crippen LogP contribution in [0.2, 0.25) is 0 Å². The van der Waals surface area contributed by atoms with Crippen LogP contribution in [0.25, 0.3) is 16.5 Å². The molecule has 0 aliphatic carbocycles. The maximum absolute atomic E-state index is 11.1. The molecule has 2 aromatic rings. The molecule has 0 bridgehead atoms. The van der Waals surface area contributed by atoms with Crippen molar-refractivity contribution in [2.24, 2.45) is 0 Å². The van der Waals surface area contributed by atoms with Crippen LogP contribution in [0.5, 0.6) is 0 Å². The van der Waals surface area contributed by atoms with Crippen molar-refractivity contribution >= 4 is 27.9 Å². The van der Waals surface area contributed by atoms with Crippen LogP contribution in [0, 0.1) is 10.1 Å². The van der Waals surface area contributed by atoms with E-state index in [0.29, 0.717) is 6.42 Å². The predicted molar refractivity (Wildman–Crippen MR) is 78.5 cm³/mol. The summed E-state index contributed by atoms with van der Waals surface area (Å²) in [7, 11) is 0. The number of H-pyrrole nitrogens is 1. The van der Waals surface area contributed by atoms with E-state index in [1.807, 2.05) is 19.2 Å². The second-order valence-electron chi connectivity index (χ2n) is 4.68. The molecule has 0 radical (unpaired) electrons. The maximum atomic E-state index is 11.1. The van der Waals surface area contributed by atoms with Crippen molar-refractivity contribution in [3.63, 3.8) is 0 Å². The number of nitro groups is 1. The van der Waals surface area contributed by atoms with Crippen molar-refractivity contribution in [2.45, 2.75) is 26.7 Å². The minimum atomic E-state index is -0.402. The van der Waals surface area contributed by atoms with E-state index in [1.165, 1.54) is 6.07 Å². The molecule has 5 heteroatoms. The Kier molecular flexibility index (Phi) is 3.98. The number of carbonyl (C=O) groups is 1. The highest BCUT2D eigenvalue weighted by atomic mass is 16.6. The van der Waals surface area contributed by atoms with Gasteiger partial charge in [0.25, 0.3) is 5.69 Å². The summed E-state index contributed by atoms with van der Waals surface area (Å²) in [6.07, 6.45) is 4.88. The largest absolute Gasteiger partial charge is 0.361 e. The molecule has 1 aromatic carbocycles. The van der Waals surface area contributed by atoms with Gasteiger partial charge in [-0.3, -0.25) is 14.9 Å². The minimum absolute atomic E-state index is 0.0698. The Morgan fingerprint density at radius 3 is 2.80 bits per heavy atom. The zero-order valence-electron chi connectivity index (χ0n) is 11.5. The van der Waals surface area contributed by atoms with Crippen LogP contribution in [0.15, 0.2) is 30.5 Å². The summed E-state index contributed by atoms with van der Waals surface area (Å²) in [6, 6.07) is 4.75. The molecule has 0 fully saturated rings. The van der Waals surface area contributed by atoms with Crippen molar-refractivity contribution in [3.8, 4) is 0 Å². The van der Waals surface area contributed by atoms with Gasteiger partial charge in [-0.2, -0.15) is 0 Å². The second kappa shape index (κ2) is 5.69. The van der Waals surface area contributed by atoms with Crippen molar-refractivity contribution in [3.05, 3.63) is 46.1 Å². The molecule has 0 amide bonds. The SMILES string of the molecule is CC/C(=C\CC(C)=O)c1c[nH]c2ccc([N+](=O)[O-])cc12. The lowest BCUT2D eigenvalue weighted by Crippen LogP contribution is -1.89. The van der Waals surface area contributed by atoms with E-state index in [0.717, 1.165) is 28.5 Å². The Labute approximate surface area is 116 Å². The van der Waals surface area contributed by atoms with Gasteiger partial charge >= 0.3 is 0 Å². The number of hydrogen-bond donors (Lipinski definition) is 1. The lowest BCUT2D eigenvalue weighted by molar-refractivity contribution is -0.384. The molecule has 2 rings (SSSR count).